The van der Waals surface area contributed by atoms with E-state index in [1.165, 1.54) is 0 Å². The average molecular weight is 409 g/mol. The van der Waals surface area contributed by atoms with E-state index >= 15 is 0 Å². The van der Waals surface area contributed by atoms with Gasteiger partial charge in [0.1, 0.15) is 17.0 Å². The van der Waals surface area contributed by atoms with E-state index in [4.69, 9.17) is 8.83 Å². The lowest BCUT2D eigenvalue weighted by atomic mass is 9.86. The molecule has 158 valence electrons. The van der Waals surface area contributed by atoms with Crippen molar-refractivity contribution in [2.75, 3.05) is 0 Å². The Bertz CT molecular complexity index is 1070. The number of carbonyl (C=O) groups excluding carboxylic acids is 2. The minimum Gasteiger partial charge on any atom is -0.467 e. The smallest absolute Gasteiger partial charge is 0.272 e. The lowest BCUT2D eigenvalue weighted by Crippen LogP contribution is -2.64. The summed E-state index contributed by atoms with van der Waals surface area (Å²) in [7, 11) is 0. The lowest BCUT2D eigenvalue weighted by Gasteiger charge is -2.44. The van der Waals surface area contributed by atoms with Crippen LogP contribution in [-0.2, 0) is 17.9 Å². The molecule has 0 radical (unpaired) electrons. The number of fused-ring (bicyclic) bond motifs is 3. The zero-order chi connectivity index (χ0) is 20.9. The Morgan fingerprint density at radius 3 is 2.73 bits per heavy atom. The second-order valence-corrected chi connectivity index (χ2v) is 8.96. The van der Waals surface area contributed by atoms with Crippen LogP contribution in [0, 0.1) is 5.92 Å². The first-order chi connectivity index (χ1) is 14.5. The Kier molecular flexibility index (Phi) is 4.49. The minimum atomic E-state index is -1.04. The SMILES string of the molecule is CC1CCC(NC(=O)C2(C)Cn3c(cc4occc43)C(=O)N2Cc2ccco2)CC1. The fourth-order valence-electron chi connectivity index (χ4n) is 4.82. The molecule has 30 heavy (non-hydrogen) atoms. The van der Waals surface area contributed by atoms with E-state index in [0.29, 0.717) is 29.5 Å². The molecule has 7 nitrogen and oxygen atoms in total. The summed E-state index contributed by atoms with van der Waals surface area (Å²) in [4.78, 5) is 28.7. The quantitative estimate of drug-likeness (QED) is 0.708. The molecule has 0 aromatic carbocycles. The zero-order valence-electron chi connectivity index (χ0n) is 17.4. The van der Waals surface area contributed by atoms with Crippen molar-refractivity contribution in [3.63, 3.8) is 0 Å². The maximum absolute atomic E-state index is 13.6. The molecule has 3 aromatic rings. The molecule has 1 unspecified atom stereocenters. The van der Waals surface area contributed by atoms with Gasteiger partial charge < -0.3 is 23.6 Å². The van der Waals surface area contributed by atoms with E-state index in [2.05, 4.69) is 12.2 Å². The Morgan fingerprint density at radius 1 is 1.20 bits per heavy atom. The number of furan rings is 2. The minimum absolute atomic E-state index is 0.113. The van der Waals surface area contributed by atoms with Crippen molar-refractivity contribution in [2.45, 2.75) is 64.2 Å². The highest BCUT2D eigenvalue weighted by Gasteiger charge is 2.48. The molecule has 7 heteroatoms. The number of carbonyl (C=O) groups is 2. The Morgan fingerprint density at radius 2 is 2.00 bits per heavy atom. The molecule has 0 bridgehead atoms. The first kappa shape index (κ1) is 19.0. The summed E-state index contributed by atoms with van der Waals surface area (Å²) in [5, 5.41) is 3.24. The van der Waals surface area contributed by atoms with Gasteiger partial charge in [0.25, 0.3) is 5.91 Å². The summed E-state index contributed by atoms with van der Waals surface area (Å²) >= 11 is 0. The van der Waals surface area contributed by atoms with Crippen molar-refractivity contribution >= 4 is 22.9 Å². The van der Waals surface area contributed by atoms with Gasteiger partial charge in [-0.2, -0.15) is 0 Å². The Hall–Kier alpha value is -2.96. The molecule has 4 heterocycles. The van der Waals surface area contributed by atoms with Gasteiger partial charge in [0.2, 0.25) is 5.91 Å². The molecule has 1 N–H and O–H groups in total. The predicted molar refractivity (Wildman–Crippen MR) is 111 cm³/mol. The van der Waals surface area contributed by atoms with Gasteiger partial charge >= 0.3 is 0 Å². The zero-order valence-corrected chi connectivity index (χ0v) is 17.4. The topological polar surface area (TPSA) is 80.6 Å². The van der Waals surface area contributed by atoms with Crippen LogP contribution in [0.5, 0.6) is 0 Å². The normalized spacial score (nSPS) is 26.7. The van der Waals surface area contributed by atoms with Gasteiger partial charge in [0.05, 0.1) is 31.1 Å². The molecule has 1 aliphatic heterocycles. The van der Waals surface area contributed by atoms with Crippen LogP contribution in [0.4, 0.5) is 0 Å². The van der Waals surface area contributed by atoms with Crippen LogP contribution in [0.25, 0.3) is 11.1 Å². The monoisotopic (exact) mass is 409 g/mol. The van der Waals surface area contributed by atoms with Crippen LogP contribution in [0.2, 0.25) is 0 Å². The molecule has 0 saturated heterocycles. The third kappa shape index (κ3) is 3.04. The summed E-state index contributed by atoms with van der Waals surface area (Å²) < 4.78 is 12.9. The molecule has 1 fully saturated rings. The fourth-order valence-corrected chi connectivity index (χ4v) is 4.82. The summed E-state index contributed by atoms with van der Waals surface area (Å²) in [6, 6.07) is 7.38. The molecular weight excluding hydrogens is 382 g/mol. The summed E-state index contributed by atoms with van der Waals surface area (Å²) in [6.07, 6.45) is 7.40. The second-order valence-electron chi connectivity index (χ2n) is 8.96. The van der Waals surface area contributed by atoms with Crippen molar-refractivity contribution in [3.05, 3.63) is 48.2 Å². The van der Waals surface area contributed by atoms with Gasteiger partial charge in [-0.1, -0.05) is 6.92 Å². The van der Waals surface area contributed by atoms with Gasteiger partial charge in [0, 0.05) is 18.2 Å². The van der Waals surface area contributed by atoms with Gasteiger partial charge in [-0.05, 0) is 50.7 Å². The van der Waals surface area contributed by atoms with E-state index in [0.717, 1.165) is 31.2 Å². The standard InChI is InChI=1S/C23H27N3O4/c1-15-5-7-16(8-6-15)24-22(28)23(2)14-25-18-9-11-30-20(18)12-19(25)21(27)26(23)13-17-4-3-10-29-17/h3-4,9-12,15-16H,5-8,13-14H2,1-2H3,(H,24,28). The number of hydrogen-bond donors (Lipinski definition) is 1. The highest BCUT2D eigenvalue weighted by molar-refractivity contribution is 6.02. The van der Waals surface area contributed by atoms with Crippen molar-refractivity contribution in [1.82, 2.24) is 14.8 Å². The van der Waals surface area contributed by atoms with Crippen LogP contribution in [0.3, 0.4) is 0 Å². The molecule has 0 spiro atoms. The molecule has 1 aliphatic carbocycles. The van der Waals surface area contributed by atoms with Crippen molar-refractivity contribution < 1.29 is 18.4 Å². The number of nitrogens with one attached hydrogen (secondary N) is 1. The van der Waals surface area contributed by atoms with Crippen molar-refractivity contribution in [3.8, 4) is 0 Å². The highest BCUT2D eigenvalue weighted by atomic mass is 16.3. The Labute approximate surface area is 175 Å². The Balaban J connectivity index is 1.50. The lowest BCUT2D eigenvalue weighted by molar-refractivity contribution is -0.134. The fraction of sp³-hybridized carbons (Fsp3) is 0.478. The van der Waals surface area contributed by atoms with E-state index in [1.54, 1.807) is 29.6 Å². The van der Waals surface area contributed by atoms with Crippen LogP contribution < -0.4 is 5.32 Å². The highest BCUT2D eigenvalue weighted by Crippen LogP contribution is 2.34. The number of nitrogens with zero attached hydrogens (tertiary/aromatic N) is 2. The van der Waals surface area contributed by atoms with Gasteiger partial charge in [-0.15, -0.1) is 0 Å². The van der Waals surface area contributed by atoms with E-state index in [9.17, 15) is 9.59 Å². The summed E-state index contributed by atoms with van der Waals surface area (Å²) in [6.45, 7) is 4.72. The van der Waals surface area contributed by atoms with Crippen LogP contribution in [0.1, 0.15) is 55.8 Å². The van der Waals surface area contributed by atoms with E-state index < -0.39 is 5.54 Å². The number of hydrogen-bond acceptors (Lipinski definition) is 4. The number of amides is 2. The first-order valence-corrected chi connectivity index (χ1v) is 10.7. The predicted octanol–water partition coefficient (Wildman–Crippen LogP) is 3.94. The molecular formula is C23H27N3O4. The van der Waals surface area contributed by atoms with Crippen LogP contribution in [0.15, 0.2) is 45.6 Å². The second kappa shape index (κ2) is 7.07. The van der Waals surface area contributed by atoms with Gasteiger partial charge in [-0.3, -0.25) is 9.59 Å². The summed E-state index contributed by atoms with van der Waals surface area (Å²) in [5.74, 6) is 1.05. The molecule has 5 rings (SSSR count). The maximum Gasteiger partial charge on any atom is 0.272 e. The summed E-state index contributed by atoms with van der Waals surface area (Å²) in [5.41, 5.74) is 0.986. The third-order valence-corrected chi connectivity index (χ3v) is 6.78. The average Bonchev–Trinajstić information content (AvgIpc) is 3.45. The largest absolute Gasteiger partial charge is 0.467 e. The molecule has 1 atom stereocenters. The van der Waals surface area contributed by atoms with Crippen molar-refractivity contribution in [1.29, 1.82) is 0 Å². The van der Waals surface area contributed by atoms with E-state index in [-0.39, 0.29) is 24.4 Å². The molecule has 2 aliphatic rings. The maximum atomic E-state index is 13.6. The van der Waals surface area contributed by atoms with E-state index in [1.807, 2.05) is 23.6 Å². The third-order valence-electron chi connectivity index (χ3n) is 6.78. The first-order valence-electron chi connectivity index (χ1n) is 10.7. The number of rotatable bonds is 4. The van der Waals surface area contributed by atoms with Crippen LogP contribution >= 0.6 is 0 Å². The van der Waals surface area contributed by atoms with Gasteiger partial charge in [-0.25, -0.2) is 0 Å². The molecule has 2 amide bonds. The molecule has 1 saturated carbocycles. The number of aromatic nitrogens is 1. The van der Waals surface area contributed by atoms with Crippen LogP contribution in [-0.4, -0.2) is 32.9 Å². The van der Waals surface area contributed by atoms with Gasteiger partial charge in [0.15, 0.2) is 5.58 Å². The molecule has 3 aromatic heterocycles. The van der Waals surface area contributed by atoms with Crippen molar-refractivity contribution in [2.24, 2.45) is 5.92 Å².